The first-order chi connectivity index (χ1) is 15.3. The topological polar surface area (TPSA) is 128 Å². The van der Waals surface area contributed by atoms with Crippen molar-refractivity contribution in [1.82, 2.24) is 0 Å². The molecule has 9 heteroatoms. The zero-order valence-corrected chi connectivity index (χ0v) is 17.5. The summed E-state index contributed by atoms with van der Waals surface area (Å²) < 4.78 is 27.8. The molecule has 0 bridgehead atoms. The van der Waals surface area contributed by atoms with Crippen LogP contribution in [0.25, 0.3) is 0 Å². The maximum Gasteiger partial charge on any atom is 0.337 e. The number of carbonyl (C=O) groups is 2. The summed E-state index contributed by atoms with van der Waals surface area (Å²) in [5, 5.41) is 20.8. The Morgan fingerprint density at radius 1 is 1.03 bits per heavy atom. The fourth-order valence-electron chi connectivity index (χ4n) is 3.58. The maximum atomic E-state index is 13.2. The Kier molecular flexibility index (Phi) is 5.38. The number of carboxylic acids is 1. The number of hydrogen-bond donors (Lipinski definition) is 2. The number of carboxylic acid groups (broad SMARTS) is 1. The maximum absolute atomic E-state index is 13.2. The Balaban J connectivity index is 1.64. The Hall–Kier alpha value is -4.16. The highest BCUT2D eigenvalue weighted by Crippen LogP contribution is 2.32. The van der Waals surface area contributed by atoms with E-state index < -0.39 is 21.9 Å². The highest BCUT2D eigenvalue weighted by Gasteiger charge is 2.31. The highest BCUT2D eigenvalue weighted by molar-refractivity contribution is 7.92. The van der Waals surface area contributed by atoms with Gasteiger partial charge in [0.15, 0.2) is 0 Å². The van der Waals surface area contributed by atoms with Crippen molar-refractivity contribution in [2.24, 2.45) is 0 Å². The first-order valence-corrected chi connectivity index (χ1v) is 11.0. The number of nitriles is 1. The molecular formula is C23H17N3O5S. The van der Waals surface area contributed by atoms with Gasteiger partial charge in [-0.15, -0.1) is 0 Å². The average Bonchev–Trinajstić information content (AvgIpc) is 3.24. The van der Waals surface area contributed by atoms with Gasteiger partial charge in [0.05, 0.1) is 33.5 Å². The van der Waals surface area contributed by atoms with Gasteiger partial charge >= 0.3 is 5.97 Å². The lowest BCUT2D eigenvalue weighted by Gasteiger charge is -2.20. The molecule has 0 saturated heterocycles. The molecule has 1 amide bonds. The number of rotatable bonds is 5. The van der Waals surface area contributed by atoms with Gasteiger partial charge < -0.3 is 10.4 Å². The fraction of sp³-hybridized carbons (Fsp3) is 0.0870. The van der Waals surface area contributed by atoms with Gasteiger partial charge in [-0.2, -0.15) is 5.26 Å². The van der Waals surface area contributed by atoms with Gasteiger partial charge in [0.25, 0.3) is 15.9 Å². The number of nitrogens with zero attached hydrogens (tertiary/aromatic N) is 2. The molecule has 3 aromatic carbocycles. The summed E-state index contributed by atoms with van der Waals surface area (Å²) in [5.74, 6) is -1.97. The molecule has 4 rings (SSSR count). The standard InChI is InChI=1S/C23H17N3O5S/c24-14-15-8-9-20(19(12-15)23(28)29)25-22(27)17-5-3-6-18(13-17)32(30,31)26-11-10-16-4-1-2-7-21(16)26/h1-9,12-13H,10-11H2,(H,25,27)(H,28,29). The molecule has 2 N–H and O–H groups in total. The SMILES string of the molecule is N#Cc1ccc(NC(=O)c2cccc(S(=O)(=O)N3CCc4ccccc43)c2)c(C(=O)O)c1. The number of anilines is 2. The Bertz CT molecular complexity index is 1390. The van der Waals surface area contributed by atoms with Crippen LogP contribution in [0.2, 0.25) is 0 Å². The molecule has 0 radical (unpaired) electrons. The van der Waals surface area contributed by atoms with Crippen molar-refractivity contribution < 1.29 is 23.1 Å². The second kappa shape index (κ2) is 8.17. The lowest BCUT2D eigenvalue weighted by atomic mass is 10.1. The van der Waals surface area contributed by atoms with Gasteiger partial charge in [0, 0.05) is 12.1 Å². The van der Waals surface area contributed by atoms with Crippen LogP contribution >= 0.6 is 0 Å². The van der Waals surface area contributed by atoms with E-state index in [1.807, 2.05) is 18.2 Å². The minimum absolute atomic E-state index is 0.00299. The van der Waals surface area contributed by atoms with Crippen LogP contribution in [0.4, 0.5) is 11.4 Å². The van der Waals surface area contributed by atoms with E-state index in [0.29, 0.717) is 18.7 Å². The molecule has 0 saturated carbocycles. The molecule has 3 aromatic rings. The minimum Gasteiger partial charge on any atom is -0.478 e. The minimum atomic E-state index is -3.89. The molecule has 0 atom stereocenters. The Morgan fingerprint density at radius 2 is 1.81 bits per heavy atom. The molecule has 0 fully saturated rings. The van der Waals surface area contributed by atoms with E-state index in [0.717, 1.165) is 11.6 Å². The summed E-state index contributed by atoms with van der Waals surface area (Å²) in [7, 11) is -3.89. The largest absolute Gasteiger partial charge is 0.478 e. The second-order valence-electron chi connectivity index (χ2n) is 7.12. The summed E-state index contributed by atoms with van der Waals surface area (Å²) in [4.78, 5) is 24.2. The Labute approximate surface area is 184 Å². The highest BCUT2D eigenvalue weighted by atomic mass is 32.2. The predicted octanol–water partition coefficient (Wildman–Crippen LogP) is 3.26. The number of nitrogens with one attached hydrogen (secondary N) is 1. The van der Waals surface area contributed by atoms with Crippen LogP contribution in [-0.4, -0.2) is 31.9 Å². The van der Waals surface area contributed by atoms with Crippen molar-refractivity contribution in [2.45, 2.75) is 11.3 Å². The van der Waals surface area contributed by atoms with Gasteiger partial charge in [-0.05, 0) is 54.4 Å². The molecule has 1 aliphatic heterocycles. The van der Waals surface area contributed by atoms with Gasteiger partial charge in [-0.3, -0.25) is 9.10 Å². The number of fused-ring (bicyclic) bond motifs is 1. The van der Waals surface area contributed by atoms with Crippen molar-refractivity contribution >= 4 is 33.3 Å². The fourth-order valence-corrected chi connectivity index (χ4v) is 5.13. The van der Waals surface area contributed by atoms with E-state index in [4.69, 9.17) is 5.26 Å². The molecule has 1 heterocycles. The van der Waals surface area contributed by atoms with Crippen LogP contribution in [0.5, 0.6) is 0 Å². The third-order valence-corrected chi connectivity index (χ3v) is 6.97. The van der Waals surface area contributed by atoms with Crippen LogP contribution in [0.15, 0.2) is 71.6 Å². The number of benzene rings is 3. The van der Waals surface area contributed by atoms with Crippen molar-refractivity contribution in [3.63, 3.8) is 0 Å². The Morgan fingerprint density at radius 3 is 2.56 bits per heavy atom. The number of aromatic carboxylic acids is 1. The van der Waals surface area contributed by atoms with E-state index in [-0.39, 0.29) is 27.3 Å². The van der Waals surface area contributed by atoms with E-state index in [1.54, 1.807) is 12.1 Å². The zero-order valence-electron chi connectivity index (χ0n) is 16.6. The number of sulfonamides is 1. The predicted molar refractivity (Wildman–Crippen MR) is 117 cm³/mol. The monoisotopic (exact) mass is 447 g/mol. The molecule has 8 nitrogen and oxygen atoms in total. The summed E-state index contributed by atoms with van der Waals surface area (Å²) in [6, 6.07) is 18.5. The summed E-state index contributed by atoms with van der Waals surface area (Å²) in [5.41, 5.74) is 1.51. The first-order valence-electron chi connectivity index (χ1n) is 9.61. The second-order valence-corrected chi connectivity index (χ2v) is 8.98. The quantitative estimate of drug-likeness (QED) is 0.618. The van der Waals surface area contributed by atoms with Gasteiger partial charge in [-0.1, -0.05) is 24.3 Å². The van der Waals surface area contributed by atoms with Gasteiger partial charge in [0.1, 0.15) is 0 Å². The van der Waals surface area contributed by atoms with Gasteiger partial charge in [-0.25, -0.2) is 13.2 Å². The molecule has 0 aliphatic carbocycles. The van der Waals surface area contributed by atoms with Crippen molar-refractivity contribution in [1.29, 1.82) is 5.26 Å². The lowest BCUT2D eigenvalue weighted by molar-refractivity contribution is 0.0698. The molecule has 0 spiro atoms. The molecule has 1 aliphatic rings. The average molecular weight is 447 g/mol. The van der Waals surface area contributed by atoms with Crippen molar-refractivity contribution in [3.8, 4) is 6.07 Å². The van der Waals surface area contributed by atoms with E-state index in [1.165, 1.54) is 40.7 Å². The number of amides is 1. The first kappa shape index (κ1) is 21.1. The third kappa shape index (κ3) is 3.79. The van der Waals surface area contributed by atoms with Crippen molar-refractivity contribution in [3.05, 3.63) is 89.0 Å². The van der Waals surface area contributed by atoms with Crippen LogP contribution < -0.4 is 9.62 Å². The van der Waals surface area contributed by atoms with Crippen LogP contribution in [-0.2, 0) is 16.4 Å². The van der Waals surface area contributed by atoms with Crippen LogP contribution in [0.3, 0.4) is 0 Å². The number of hydrogen-bond acceptors (Lipinski definition) is 5. The third-order valence-electron chi connectivity index (χ3n) is 5.16. The number of para-hydroxylation sites is 1. The molecule has 0 unspecified atom stereocenters. The molecular weight excluding hydrogens is 430 g/mol. The van der Waals surface area contributed by atoms with E-state index in [9.17, 15) is 23.1 Å². The van der Waals surface area contributed by atoms with Gasteiger partial charge in [0.2, 0.25) is 0 Å². The lowest BCUT2D eigenvalue weighted by Crippen LogP contribution is -2.29. The van der Waals surface area contributed by atoms with Crippen LogP contribution in [0, 0.1) is 11.3 Å². The molecule has 160 valence electrons. The normalized spacial score (nSPS) is 12.7. The van der Waals surface area contributed by atoms with E-state index in [2.05, 4.69) is 5.32 Å². The summed E-state index contributed by atoms with van der Waals surface area (Å²) in [6.07, 6.45) is 0.603. The zero-order chi connectivity index (χ0) is 22.9. The molecule has 32 heavy (non-hydrogen) atoms. The summed E-state index contributed by atoms with van der Waals surface area (Å²) >= 11 is 0. The smallest absolute Gasteiger partial charge is 0.337 e. The van der Waals surface area contributed by atoms with Crippen molar-refractivity contribution in [2.75, 3.05) is 16.2 Å². The number of carbonyl (C=O) groups excluding carboxylic acids is 1. The molecule has 0 aromatic heterocycles. The summed E-state index contributed by atoms with van der Waals surface area (Å²) in [6.45, 7) is 0.311. The van der Waals surface area contributed by atoms with Crippen LogP contribution in [0.1, 0.15) is 31.8 Å². The van der Waals surface area contributed by atoms with E-state index >= 15 is 0 Å².